The predicted octanol–water partition coefficient (Wildman–Crippen LogP) is 1.45. The van der Waals surface area contributed by atoms with Gasteiger partial charge in [0, 0.05) is 44.8 Å². The van der Waals surface area contributed by atoms with E-state index in [-0.39, 0.29) is 6.10 Å². The van der Waals surface area contributed by atoms with E-state index >= 15 is 0 Å². The number of benzene rings is 1. The lowest BCUT2D eigenvalue weighted by molar-refractivity contribution is 0.175. The molecule has 1 N–H and O–H groups in total. The number of piperazine rings is 1. The van der Waals surface area contributed by atoms with Crippen molar-refractivity contribution in [3.63, 3.8) is 0 Å². The third kappa shape index (κ3) is 5.17. The first kappa shape index (κ1) is 18.2. The normalized spacial score (nSPS) is 17.6. The zero-order valence-electron chi connectivity index (χ0n) is 14.2. The van der Waals surface area contributed by atoms with Gasteiger partial charge in [-0.1, -0.05) is 25.1 Å². The number of hydrogen-bond donors (Lipinski definition) is 1. The SMILES string of the molecule is CCNS(=O)(=O)N1CCN(Cc2ccccc2OC(C)C)CC1. The van der Waals surface area contributed by atoms with Crippen molar-refractivity contribution in [1.29, 1.82) is 0 Å². The standard InChI is InChI=1S/C16H27N3O3S/c1-4-17-23(20,21)19-11-9-18(10-12-19)13-15-7-5-6-8-16(15)22-14(2)3/h5-8,14,17H,4,9-13H2,1-3H3. The maximum Gasteiger partial charge on any atom is 0.279 e. The molecular formula is C16H27N3O3S. The number of nitrogens with zero attached hydrogens (tertiary/aromatic N) is 2. The summed E-state index contributed by atoms with van der Waals surface area (Å²) >= 11 is 0. The van der Waals surface area contributed by atoms with Crippen LogP contribution in [0.4, 0.5) is 0 Å². The van der Waals surface area contributed by atoms with Gasteiger partial charge in [0.1, 0.15) is 5.75 Å². The molecule has 0 aliphatic carbocycles. The highest BCUT2D eigenvalue weighted by Gasteiger charge is 2.26. The third-order valence-electron chi connectivity index (χ3n) is 3.73. The highest BCUT2D eigenvalue weighted by Crippen LogP contribution is 2.22. The Hall–Kier alpha value is -1.15. The second kappa shape index (κ2) is 8.10. The average Bonchev–Trinajstić information content (AvgIpc) is 2.49. The van der Waals surface area contributed by atoms with Gasteiger partial charge in [0.2, 0.25) is 0 Å². The molecule has 0 bridgehead atoms. The van der Waals surface area contributed by atoms with Crippen molar-refractivity contribution in [1.82, 2.24) is 13.9 Å². The molecule has 0 atom stereocenters. The number of hydrogen-bond acceptors (Lipinski definition) is 4. The summed E-state index contributed by atoms with van der Waals surface area (Å²) in [6, 6.07) is 8.04. The summed E-state index contributed by atoms with van der Waals surface area (Å²) in [5.41, 5.74) is 1.14. The van der Waals surface area contributed by atoms with Crippen LogP contribution in [-0.4, -0.2) is 56.5 Å². The zero-order valence-corrected chi connectivity index (χ0v) is 15.0. The summed E-state index contributed by atoms with van der Waals surface area (Å²) in [4.78, 5) is 2.26. The van der Waals surface area contributed by atoms with E-state index in [1.54, 1.807) is 6.92 Å². The smallest absolute Gasteiger partial charge is 0.279 e. The Morgan fingerprint density at radius 1 is 1.17 bits per heavy atom. The van der Waals surface area contributed by atoms with Crippen LogP contribution in [0.2, 0.25) is 0 Å². The van der Waals surface area contributed by atoms with Gasteiger partial charge in [0.05, 0.1) is 6.10 Å². The molecule has 2 rings (SSSR count). The minimum Gasteiger partial charge on any atom is -0.491 e. The fraction of sp³-hybridized carbons (Fsp3) is 0.625. The summed E-state index contributed by atoms with van der Waals surface area (Å²) in [5, 5.41) is 0. The molecule has 7 heteroatoms. The fourth-order valence-corrected chi connectivity index (χ4v) is 3.84. The molecule has 1 heterocycles. The van der Waals surface area contributed by atoms with Gasteiger partial charge in [-0.3, -0.25) is 4.90 Å². The molecule has 1 fully saturated rings. The van der Waals surface area contributed by atoms with Crippen molar-refractivity contribution in [3.8, 4) is 5.75 Å². The highest BCUT2D eigenvalue weighted by molar-refractivity contribution is 7.87. The second-order valence-electron chi connectivity index (χ2n) is 5.95. The first-order valence-electron chi connectivity index (χ1n) is 8.14. The maximum atomic E-state index is 12.0. The first-order valence-corrected chi connectivity index (χ1v) is 9.58. The van der Waals surface area contributed by atoms with Crippen LogP contribution in [0.25, 0.3) is 0 Å². The minimum atomic E-state index is -3.32. The Bertz CT molecular complexity index is 596. The van der Waals surface area contributed by atoms with Crippen molar-refractivity contribution in [2.24, 2.45) is 0 Å². The summed E-state index contributed by atoms with van der Waals surface area (Å²) in [6.45, 7) is 9.49. The molecule has 1 aromatic carbocycles. The Morgan fingerprint density at radius 2 is 1.83 bits per heavy atom. The predicted molar refractivity (Wildman–Crippen MR) is 91.7 cm³/mol. The monoisotopic (exact) mass is 341 g/mol. The van der Waals surface area contributed by atoms with Gasteiger partial charge in [-0.15, -0.1) is 0 Å². The molecule has 130 valence electrons. The van der Waals surface area contributed by atoms with Crippen LogP contribution in [-0.2, 0) is 16.8 Å². The van der Waals surface area contributed by atoms with Gasteiger partial charge in [-0.25, -0.2) is 4.72 Å². The fourth-order valence-electron chi connectivity index (χ4n) is 2.65. The zero-order chi connectivity index (χ0) is 16.9. The van der Waals surface area contributed by atoms with Crippen LogP contribution in [0.3, 0.4) is 0 Å². The number of rotatable bonds is 7. The van der Waals surface area contributed by atoms with Gasteiger partial charge in [-0.2, -0.15) is 12.7 Å². The highest BCUT2D eigenvalue weighted by atomic mass is 32.2. The van der Waals surface area contributed by atoms with E-state index in [9.17, 15) is 8.42 Å². The molecule has 0 saturated carbocycles. The largest absolute Gasteiger partial charge is 0.491 e. The van der Waals surface area contributed by atoms with E-state index in [1.165, 1.54) is 4.31 Å². The van der Waals surface area contributed by atoms with Crippen molar-refractivity contribution < 1.29 is 13.2 Å². The Labute approximate surface area is 139 Å². The van der Waals surface area contributed by atoms with E-state index < -0.39 is 10.2 Å². The van der Waals surface area contributed by atoms with E-state index in [0.29, 0.717) is 19.6 Å². The molecule has 0 radical (unpaired) electrons. The van der Waals surface area contributed by atoms with Gasteiger partial charge >= 0.3 is 0 Å². The molecule has 23 heavy (non-hydrogen) atoms. The van der Waals surface area contributed by atoms with E-state index in [0.717, 1.165) is 30.9 Å². The summed E-state index contributed by atoms with van der Waals surface area (Å²) in [5.74, 6) is 0.908. The lowest BCUT2D eigenvalue weighted by Crippen LogP contribution is -2.51. The topological polar surface area (TPSA) is 61.9 Å². The van der Waals surface area contributed by atoms with Crippen LogP contribution in [0.1, 0.15) is 26.3 Å². The Balaban J connectivity index is 1.95. The van der Waals surface area contributed by atoms with Crippen molar-refractivity contribution in [2.75, 3.05) is 32.7 Å². The van der Waals surface area contributed by atoms with Crippen LogP contribution in [0.15, 0.2) is 24.3 Å². The Kier molecular flexibility index (Phi) is 6.41. The van der Waals surface area contributed by atoms with Gasteiger partial charge < -0.3 is 4.74 Å². The molecule has 0 unspecified atom stereocenters. The van der Waals surface area contributed by atoms with E-state index in [2.05, 4.69) is 15.7 Å². The quantitative estimate of drug-likeness (QED) is 0.815. The lowest BCUT2D eigenvalue weighted by atomic mass is 10.1. The number of para-hydroxylation sites is 1. The van der Waals surface area contributed by atoms with Gasteiger partial charge in [-0.05, 0) is 19.9 Å². The molecule has 1 aliphatic rings. The van der Waals surface area contributed by atoms with Crippen molar-refractivity contribution in [2.45, 2.75) is 33.4 Å². The van der Waals surface area contributed by atoms with E-state index in [1.807, 2.05) is 32.0 Å². The van der Waals surface area contributed by atoms with Gasteiger partial charge in [0.25, 0.3) is 10.2 Å². The number of nitrogens with one attached hydrogen (secondary N) is 1. The summed E-state index contributed by atoms with van der Waals surface area (Å²) < 4.78 is 33.9. The minimum absolute atomic E-state index is 0.137. The molecule has 1 aromatic rings. The van der Waals surface area contributed by atoms with Crippen LogP contribution in [0, 0.1) is 0 Å². The Morgan fingerprint density at radius 3 is 2.43 bits per heavy atom. The first-order chi connectivity index (χ1) is 10.9. The molecule has 6 nitrogen and oxygen atoms in total. The second-order valence-corrected chi connectivity index (χ2v) is 7.71. The van der Waals surface area contributed by atoms with E-state index in [4.69, 9.17) is 4.74 Å². The summed E-state index contributed by atoms with van der Waals surface area (Å²) in [6.07, 6.45) is 0.137. The van der Waals surface area contributed by atoms with Crippen LogP contribution in [0.5, 0.6) is 5.75 Å². The van der Waals surface area contributed by atoms with Crippen molar-refractivity contribution >= 4 is 10.2 Å². The molecular weight excluding hydrogens is 314 g/mol. The maximum absolute atomic E-state index is 12.0. The molecule has 1 aliphatic heterocycles. The van der Waals surface area contributed by atoms with Crippen LogP contribution < -0.4 is 9.46 Å². The number of ether oxygens (including phenoxy) is 1. The molecule has 1 saturated heterocycles. The lowest BCUT2D eigenvalue weighted by Gasteiger charge is -2.34. The van der Waals surface area contributed by atoms with Crippen LogP contribution >= 0.6 is 0 Å². The summed E-state index contributed by atoms with van der Waals surface area (Å²) in [7, 11) is -3.32. The molecule has 0 aromatic heterocycles. The molecule has 0 spiro atoms. The van der Waals surface area contributed by atoms with Crippen molar-refractivity contribution in [3.05, 3.63) is 29.8 Å². The van der Waals surface area contributed by atoms with Gasteiger partial charge in [0.15, 0.2) is 0 Å². The average molecular weight is 341 g/mol. The third-order valence-corrected chi connectivity index (χ3v) is 5.43. The molecule has 0 amide bonds.